The van der Waals surface area contributed by atoms with Crippen LogP contribution in [-0.2, 0) is 4.79 Å². The zero-order valence-corrected chi connectivity index (χ0v) is 33.0. The second kappa shape index (κ2) is 41.0. The lowest BCUT2D eigenvalue weighted by molar-refractivity contribution is -0.123. The van der Waals surface area contributed by atoms with Gasteiger partial charge >= 0.3 is 0 Å². The first kappa shape index (κ1) is 47.6. The molecule has 0 radical (unpaired) electrons. The third kappa shape index (κ3) is 37.7. The van der Waals surface area contributed by atoms with E-state index in [1.807, 2.05) is 6.08 Å². The number of carbonyl (C=O) groups excluding carboxylic acids is 1. The summed E-state index contributed by atoms with van der Waals surface area (Å²) in [6, 6.07) is -0.641. The number of hydrogen-bond donors (Lipinski definition) is 3. The zero-order valence-electron chi connectivity index (χ0n) is 33.0. The van der Waals surface area contributed by atoms with E-state index in [0.717, 1.165) is 38.5 Å². The highest BCUT2D eigenvalue weighted by Crippen LogP contribution is 2.16. The number of carbonyl (C=O) groups is 1. The van der Waals surface area contributed by atoms with Crippen molar-refractivity contribution in [1.82, 2.24) is 5.32 Å². The van der Waals surface area contributed by atoms with Gasteiger partial charge in [0.1, 0.15) is 0 Å². The average Bonchev–Trinajstić information content (AvgIpc) is 3.10. The number of rotatable bonds is 39. The van der Waals surface area contributed by atoms with Crippen LogP contribution in [0.25, 0.3) is 0 Å². The standard InChI is InChI=1S/C45H85NO3/c1-3-5-7-9-11-13-15-17-18-19-20-21-22-23-24-25-26-27-28-29-31-33-35-37-39-41-45(49)46-43(42-47)44(48)40-38-36-34-32-30-16-14-12-10-8-6-4-2/h10,12,30,32,38,40,43-44,47-48H,3-9,11,13-29,31,33-37,39,41-42H2,1-2H3,(H,46,49)/b12-10+,32-30+,40-38+. The van der Waals surface area contributed by atoms with Crippen LogP contribution in [0.2, 0.25) is 0 Å². The monoisotopic (exact) mass is 688 g/mol. The molecule has 0 saturated carbocycles. The number of amides is 1. The van der Waals surface area contributed by atoms with Gasteiger partial charge in [-0.2, -0.15) is 0 Å². The van der Waals surface area contributed by atoms with Crippen LogP contribution >= 0.6 is 0 Å². The molecule has 1 amide bonds. The van der Waals surface area contributed by atoms with Gasteiger partial charge in [-0.3, -0.25) is 4.79 Å². The lowest BCUT2D eigenvalue weighted by Crippen LogP contribution is -2.45. The zero-order chi connectivity index (χ0) is 35.7. The summed E-state index contributed by atoms with van der Waals surface area (Å²) in [5.41, 5.74) is 0. The third-order valence-electron chi connectivity index (χ3n) is 9.85. The van der Waals surface area contributed by atoms with E-state index >= 15 is 0 Å². The van der Waals surface area contributed by atoms with Crippen LogP contribution in [0.15, 0.2) is 36.5 Å². The molecule has 288 valence electrons. The van der Waals surface area contributed by atoms with Gasteiger partial charge in [0.2, 0.25) is 5.91 Å². The maximum atomic E-state index is 12.4. The molecular formula is C45H85NO3. The van der Waals surface area contributed by atoms with E-state index in [-0.39, 0.29) is 12.5 Å². The summed E-state index contributed by atoms with van der Waals surface area (Å²) in [5.74, 6) is -0.0766. The summed E-state index contributed by atoms with van der Waals surface area (Å²) in [5, 5.41) is 22.9. The van der Waals surface area contributed by atoms with E-state index in [1.165, 1.54) is 167 Å². The minimum absolute atomic E-state index is 0.0766. The maximum Gasteiger partial charge on any atom is 0.220 e. The van der Waals surface area contributed by atoms with E-state index in [4.69, 9.17) is 0 Å². The highest BCUT2D eigenvalue weighted by atomic mass is 16.3. The Labute approximate surface area is 306 Å². The van der Waals surface area contributed by atoms with Gasteiger partial charge in [-0.15, -0.1) is 0 Å². The van der Waals surface area contributed by atoms with Crippen molar-refractivity contribution in [3.63, 3.8) is 0 Å². The minimum Gasteiger partial charge on any atom is -0.394 e. The fourth-order valence-corrected chi connectivity index (χ4v) is 6.49. The molecule has 0 fully saturated rings. The Balaban J connectivity index is 3.50. The Kier molecular flexibility index (Phi) is 39.9. The molecule has 0 heterocycles. The van der Waals surface area contributed by atoms with Gasteiger partial charge in [-0.25, -0.2) is 0 Å². The van der Waals surface area contributed by atoms with Gasteiger partial charge in [0.05, 0.1) is 18.8 Å². The van der Waals surface area contributed by atoms with E-state index in [0.29, 0.717) is 6.42 Å². The molecule has 0 aliphatic rings. The number of allylic oxidation sites excluding steroid dienone is 5. The predicted octanol–water partition coefficient (Wildman–Crippen LogP) is 13.4. The lowest BCUT2D eigenvalue weighted by Gasteiger charge is -2.19. The Morgan fingerprint density at radius 2 is 0.796 bits per heavy atom. The van der Waals surface area contributed by atoms with Gasteiger partial charge in [0, 0.05) is 6.42 Å². The van der Waals surface area contributed by atoms with Crippen molar-refractivity contribution < 1.29 is 15.0 Å². The molecule has 0 aliphatic heterocycles. The number of aliphatic hydroxyl groups is 2. The van der Waals surface area contributed by atoms with Gasteiger partial charge in [0.15, 0.2) is 0 Å². The third-order valence-corrected chi connectivity index (χ3v) is 9.85. The molecule has 0 aliphatic carbocycles. The largest absolute Gasteiger partial charge is 0.394 e. The Bertz CT molecular complexity index is 746. The van der Waals surface area contributed by atoms with Crippen molar-refractivity contribution in [3.8, 4) is 0 Å². The minimum atomic E-state index is -0.866. The molecule has 0 bridgehead atoms. The first-order chi connectivity index (χ1) is 24.2. The fourth-order valence-electron chi connectivity index (χ4n) is 6.49. The Morgan fingerprint density at radius 3 is 1.16 bits per heavy atom. The predicted molar refractivity (Wildman–Crippen MR) is 216 cm³/mol. The molecule has 0 aromatic carbocycles. The van der Waals surface area contributed by atoms with Crippen LogP contribution in [0.4, 0.5) is 0 Å². The van der Waals surface area contributed by atoms with Crippen molar-refractivity contribution >= 4 is 5.91 Å². The fraction of sp³-hybridized carbons (Fsp3) is 0.844. The second-order valence-corrected chi connectivity index (χ2v) is 14.8. The van der Waals surface area contributed by atoms with Gasteiger partial charge < -0.3 is 15.5 Å². The van der Waals surface area contributed by atoms with E-state index in [2.05, 4.69) is 43.5 Å². The number of hydrogen-bond acceptors (Lipinski definition) is 3. The summed E-state index contributed by atoms with van der Waals surface area (Å²) in [6.07, 6.45) is 54.1. The molecule has 3 N–H and O–H groups in total. The molecular weight excluding hydrogens is 602 g/mol. The SMILES string of the molecule is CCCC/C=C/CC/C=C/CC/C=C/C(O)C(CO)NC(=O)CCCCCCCCCCCCCCCCCCCCCCCCCCC. The Morgan fingerprint density at radius 1 is 0.469 bits per heavy atom. The Hall–Kier alpha value is -1.39. The molecule has 4 nitrogen and oxygen atoms in total. The summed E-state index contributed by atoms with van der Waals surface area (Å²) in [7, 11) is 0. The maximum absolute atomic E-state index is 12.4. The summed E-state index contributed by atoms with van der Waals surface area (Å²) in [6.45, 7) is 4.25. The molecule has 4 heteroatoms. The normalized spacial score (nSPS) is 13.3. The van der Waals surface area contributed by atoms with Crippen LogP contribution in [0, 0.1) is 0 Å². The highest BCUT2D eigenvalue weighted by Gasteiger charge is 2.17. The number of unbranched alkanes of at least 4 members (excludes halogenated alkanes) is 28. The molecule has 2 atom stereocenters. The molecule has 0 spiro atoms. The average molecular weight is 688 g/mol. The van der Waals surface area contributed by atoms with Crippen LogP contribution in [0.3, 0.4) is 0 Å². The van der Waals surface area contributed by atoms with Crippen LogP contribution in [0.1, 0.15) is 226 Å². The molecule has 0 aromatic rings. The van der Waals surface area contributed by atoms with Crippen molar-refractivity contribution in [3.05, 3.63) is 36.5 Å². The van der Waals surface area contributed by atoms with Gasteiger partial charge in [-0.05, 0) is 38.5 Å². The second-order valence-electron chi connectivity index (χ2n) is 14.8. The lowest BCUT2D eigenvalue weighted by atomic mass is 10.0. The summed E-state index contributed by atoms with van der Waals surface area (Å²) in [4.78, 5) is 12.4. The number of nitrogens with one attached hydrogen (secondary N) is 1. The van der Waals surface area contributed by atoms with E-state index in [1.54, 1.807) is 6.08 Å². The summed E-state index contributed by atoms with van der Waals surface area (Å²) >= 11 is 0. The first-order valence-electron chi connectivity index (χ1n) is 21.7. The van der Waals surface area contributed by atoms with Gasteiger partial charge in [0.25, 0.3) is 0 Å². The van der Waals surface area contributed by atoms with Crippen molar-refractivity contribution in [2.75, 3.05) is 6.61 Å². The molecule has 49 heavy (non-hydrogen) atoms. The first-order valence-corrected chi connectivity index (χ1v) is 21.7. The molecule has 0 aromatic heterocycles. The highest BCUT2D eigenvalue weighted by molar-refractivity contribution is 5.76. The van der Waals surface area contributed by atoms with Crippen LogP contribution in [-0.4, -0.2) is 34.9 Å². The molecule has 2 unspecified atom stereocenters. The van der Waals surface area contributed by atoms with Gasteiger partial charge in [-0.1, -0.05) is 217 Å². The summed E-state index contributed by atoms with van der Waals surface area (Å²) < 4.78 is 0. The van der Waals surface area contributed by atoms with E-state index in [9.17, 15) is 15.0 Å². The van der Waals surface area contributed by atoms with Crippen LogP contribution < -0.4 is 5.32 Å². The van der Waals surface area contributed by atoms with Crippen molar-refractivity contribution in [2.45, 2.75) is 238 Å². The van der Waals surface area contributed by atoms with Crippen molar-refractivity contribution in [1.29, 1.82) is 0 Å². The number of aliphatic hydroxyl groups excluding tert-OH is 2. The molecule has 0 rings (SSSR count). The van der Waals surface area contributed by atoms with E-state index < -0.39 is 12.1 Å². The topological polar surface area (TPSA) is 69.6 Å². The van der Waals surface area contributed by atoms with Crippen LogP contribution in [0.5, 0.6) is 0 Å². The molecule has 0 saturated heterocycles. The van der Waals surface area contributed by atoms with Crippen molar-refractivity contribution in [2.24, 2.45) is 0 Å². The quantitative estimate of drug-likeness (QED) is 0.0445. The smallest absolute Gasteiger partial charge is 0.220 e.